The van der Waals surface area contributed by atoms with Crippen molar-refractivity contribution < 1.29 is 52.9 Å². The van der Waals surface area contributed by atoms with E-state index >= 15 is 0 Å². The van der Waals surface area contributed by atoms with E-state index in [-0.39, 0.29) is 50.9 Å². The zero-order chi connectivity index (χ0) is 41.3. The predicted molar refractivity (Wildman–Crippen MR) is 222 cm³/mol. The van der Waals surface area contributed by atoms with Crippen molar-refractivity contribution in [2.75, 3.05) is 26.4 Å². The fourth-order valence-corrected chi connectivity index (χ4v) is 7.51. The van der Waals surface area contributed by atoms with Gasteiger partial charge in [-0.3, -0.25) is 18.6 Å². The van der Waals surface area contributed by atoms with Gasteiger partial charge in [0.05, 0.1) is 31.5 Å². The van der Waals surface area contributed by atoms with Gasteiger partial charge in [0.15, 0.2) is 6.10 Å². The number of phosphoric acid groups is 1. The summed E-state index contributed by atoms with van der Waals surface area (Å²) in [5.41, 5.74) is 5.34. The van der Waals surface area contributed by atoms with Crippen molar-refractivity contribution in [2.24, 2.45) is 17.6 Å². The largest absolute Gasteiger partial charge is 0.472 e. The number of aliphatic hydroxyl groups excluding tert-OH is 3. The second-order valence-corrected chi connectivity index (χ2v) is 16.6. The third kappa shape index (κ3) is 27.7. The molecule has 1 saturated carbocycles. The zero-order valence-corrected chi connectivity index (χ0v) is 35.6. The van der Waals surface area contributed by atoms with Gasteiger partial charge in [-0.2, -0.15) is 0 Å². The van der Waals surface area contributed by atoms with E-state index in [1.165, 1.54) is 51.4 Å². The number of unbranched alkanes of at least 4 members (excludes halogenated alkanes) is 14. The first-order valence-electron chi connectivity index (χ1n) is 21.7. The molecule has 12 nitrogen and oxygen atoms in total. The van der Waals surface area contributed by atoms with Crippen molar-refractivity contribution in [3.05, 3.63) is 36.5 Å². The number of nitrogens with two attached hydrogens (primary N) is 1. The summed E-state index contributed by atoms with van der Waals surface area (Å²) >= 11 is 0. The number of carbonyl (C=O) groups excluding carboxylic acids is 2. The molecule has 0 radical (unpaired) electrons. The summed E-state index contributed by atoms with van der Waals surface area (Å²) in [6, 6.07) is 0. The van der Waals surface area contributed by atoms with Crippen molar-refractivity contribution in [3.8, 4) is 0 Å². The van der Waals surface area contributed by atoms with Crippen molar-refractivity contribution in [1.82, 2.24) is 0 Å². The van der Waals surface area contributed by atoms with E-state index in [9.17, 15) is 34.4 Å². The lowest BCUT2D eigenvalue weighted by Crippen LogP contribution is -2.29. The van der Waals surface area contributed by atoms with Crippen LogP contribution in [0.15, 0.2) is 36.5 Å². The molecule has 0 bridgehead atoms. The maximum atomic E-state index is 12.7. The van der Waals surface area contributed by atoms with Crippen molar-refractivity contribution in [3.63, 3.8) is 0 Å². The molecular weight excluding hydrogens is 737 g/mol. The summed E-state index contributed by atoms with van der Waals surface area (Å²) in [5.74, 6) is -1.45. The van der Waals surface area contributed by atoms with Crippen LogP contribution in [-0.4, -0.2) is 82.9 Å². The molecule has 0 aromatic heterocycles. The van der Waals surface area contributed by atoms with E-state index in [1.54, 1.807) is 6.08 Å². The highest BCUT2D eigenvalue weighted by Gasteiger charge is 2.39. The minimum absolute atomic E-state index is 0.0133. The molecule has 13 heteroatoms. The van der Waals surface area contributed by atoms with Crippen LogP contribution in [0, 0.1) is 11.8 Å². The monoisotopic (exact) mass is 816 g/mol. The molecule has 0 heterocycles. The van der Waals surface area contributed by atoms with Crippen LogP contribution in [0.4, 0.5) is 0 Å². The number of allylic oxidation sites excluding steroid dienone is 4. The Hall–Kier alpha value is -1.89. The van der Waals surface area contributed by atoms with Crippen LogP contribution in [0.25, 0.3) is 0 Å². The number of carbonyl (C=O) groups is 2. The van der Waals surface area contributed by atoms with Gasteiger partial charge in [-0.25, -0.2) is 4.57 Å². The quantitative estimate of drug-likeness (QED) is 0.0175. The van der Waals surface area contributed by atoms with Gasteiger partial charge < -0.3 is 35.4 Å². The minimum atomic E-state index is -4.45. The summed E-state index contributed by atoms with van der Waals surface area (Å²) in [6.45, 7) is 3.33. The molecule has 326 valence electrons. The second kappa shape index (κ2) is 34.0. The number of hydrogen-bond donors (Lipinski definition) is 5. The molecule has 0 spiro atoms. The van der Waals surface area contributed by atoms with Crippen LogP contribution in [0.5, 0.6) is 0 Å². The minimum Gasteiger partial charge on any atom is -0.462 e. The smallest absolute Gasteiger partial charge is 0.462 e. The number of esters is 2. The van der Waals surface area contributed by atoms with Crippen molar-refractivity contribution in [2.45, 2.75) is 186 Å². The van der Waals surface area contributed by atoms with Crippen LogP contribution in [0.3, 0.4) is 0 Å². The SMILES string of the molecule is CCCCCC/C=C\CCCCCCCCCC(=O)OC[C@H](COP(=O)(O)OCCN)OC(=O)CCC/C=C/C[C@@H]1[C@@H](/C=C/[C@@H](O)CCCCC)[C@H](O)C[C@@H]1O. The van der Waals surface area contributed by atoms with Gasteiger partial charge >= 0.3 is 19.8 Å². The molecule has 1 unspecified atom stereocenters. The van der Waals surface area contributed by atoms with Crippen LogP contribution in [-0.2, 0) is 32.7 Å². The first-order valence-corrected chi connectivity index (χ1v) is 23.2. The average molecular weight is 816 g/mol. The van der Waals surface area contributed by atoms with Gasteiger partial charge in [-0.15, -0.1) is 0 Å². The number of ether oxygens (including phenoxy) is 2. The lowest BCUT2D eigenvalue weighted by Gasteiger charge is -2.20. The van der Waals surface area contributed by atoms with Crippen LogP contribution < -0.4 is 5.73 Å². The van der Waals surface area contributed by atoms with Gasteiger partial charge in [0, 0.05) is 31.7 Å². The van der Waals surface area contributed by atoms with Gasteiger partial charge in [0.25, 0.3) is 0 Å². The molecular formula is C43H78NO11P. The molecule has 1 rings (SSSR count). The zero-order valence-electron chi connectivity index (χ0n) is 34.7. The molecule has 0 aromatic rings. The van der Waals surface area contributed by atoms with E-state index in [4.69, 9.17) is 24.3 Å². The third-order valence-electron chi connectivity index (χ3n) is 10.1. The molecule has 1 fully saturated rings. The van der Waals surface area contributed by atoms with Gasteiger partial charge in [0.1, 0.15) is 6.61 Å². The van der Waals surface area contributed by atoms with Gasteiger partial charge in [0.2, 0.25) is 0 Å². The first-order chi connectivity index (χ1) is 27.0. The normalized spacial score (nSPS) is 20.9. The van der Waals surface area contributed by atoms with Crippen LogP contribution >= 0.6 is 7.82 Å². The van der Waals surface area contributed by atoms with Crippen LogP contribution in [0.2, 0.25) is 0 Å². The van der Waals surface area contributed by atoms with Gasteiger partial charge in [-0.05, 0) is 63.7 Å². The molecule has 56 heavy (non-hydrogen) atoms. The summed E-state index contributed by atoms with van der Waals surface area (Å²) in [7, 11) is -4.45. The van der Waals surface area contributed by atoms with E-state index in [2.05, 4.69) is 26.0 Å². The summed E-state index contributed by atoms with van der Waals surface area (Å²) < 4.78 is 32.7. The Kier molecular flexibility index (Phi) is 31.7. The summed E-state index contributed by atoms with van der Waals surface area (Å²) in [4.78, 5) is 35.0. The Bertz CT molecular complexity index is 1130. The Balaban J connectivity index is 2.42. The second-order valence-electron chi connectivity index (χ2n) is 15.2. The highest BCUT2D eigenvalue weighted by Crippen LogP contribution is 2.43. The number of rotatable bonds is 36. The van der Waals surface area contributed by atoms with Crippen molar-refractivity contribution in [1.29, 1.82) is 0 Å². The fraction of sp³-hybridized carbons (Fsp3) is 0.814. The Morgan fingerprint density at radius 2 is 1.34 bits per heavy atom. The third-order valence-corrected chi connectivity index (χ3v) is 11.1. The molecule has 0 aliphatic heterocycles. The number of phosphoric ester groups is 1. The molecule has 1 aliphatic rings. The summed E-state index contributed by atoms with van der Waals surface area (Å²) in [6.07, 6.45) is 29.8. The maximum Gasteiger partial charge on any atom is 0.472 e. The molecule has 0 saturated heterocycles. The molecule has 0 aromatic carbocycles. The Morgan fingerprint density at radius 3 is 2.02 bits per heavy atom. The topological polar surface area (TPSA) is 195 Å². The van der Waals surface area contributed by atoms with E-state index in [0.29, 0.717) is 32.1 Å². The summed E-state index contributed by atoms with van der Waals surface area (Å²) in [5, 5.41) is 31.3. The van der Waals surface area contributed by atoms with E-state index in [0.717, 1.165) is 44.9 Å². The number of hydrogen-bond acceptors (Lipinski definition) is 11. The molecule has 0 amide bonds. The Morgan fingerprint density at radius 1 is 0.750 bits per heavy atom. The number of aliphatic hydroxyl groups is 3. The van der Waals surface area contributed by atoms with E-state index < -0.39 is 50.8 Å². The molecule has 1 aliphatic carbocycles. The highest BCUT2D eigenvalue weighted by molar-refractivity contribution is 7.47. The highest BCUT2D eigenvalue weighted by atomic mass is 31.2. The van der Waals surface area contributed by atoms with Gasteiger partial charge in [-0.1, -0.05) is 121 Å². The molecule has 6 N–H and O–H groups in total. The first kappa shape index (κ1) is 52.1. The fourth-order valence-electron chi connectivity index (χ4n) is 6.74. The lowest BCUT2D eigenvalue weighted by atomic mass is 9.89. The Labute approximate surface area is 338 Å². The lowest BCUT2D eigenvalue weighted by molar-refractivity contribution is -0.161. The molecule has 7 atom stereocenters. The predicted octanol–water partition coefficient (Wildman–Crippen LogP) is 8.54. The maximum absolute atomic E-state index is 12.7. The standard InChI is InChI=1S/C43H78NO11P/c1-3-5-7-8-9-10-11-12-13-14-15-16-17-18-23-27-42(48)52-34-37(35-54-56(50,51)53-32-31-44)55-43(49)28-24-20-19-22-26-38-39(41(47)33-40(38)46)30-29-36(45)25-21-6-4-2/h10-11,19,22,29-30,36-41,45-47H,3-9,12-18,20-21,23-28,31-35,44H2,1-2H3,(H,50,51)/b11-10-,22-19+,30-29+/t36-,37+,38+,39+,40-,41+/m0/s1. The van der Waals surface area contributed by atoms with Crippen LogP contribution in [0.1, 0.15) is 162 Å². The van der Waals surface area contributed by atoms with E-state index in [1.807, 2.05) is 18.2 Å². The average Bonchev–Trinajstić information content (AvgIpc) is 3.44. The van der Waals surface area contributed by atoms with Crippen molar-refractivity contribution >= 4 is 19.8 Å².